The van der Waals surface area contributed by atoms with Gasteiger partial charge in [0.25, 0.3) is 5.91 Å². The molecule has 0 aliphatic carbocycles. The van der Waals surface area contributed by atoms with E-state index in [1.54, 1.807) is 20.4 Å². The van der Waals surface area contributed by atoms with Crippen LogP contribution in [0.25, 0.3) is 10.9 Å². The van der Waals surface area contributed by atoms with Crippen LogP contribution in [-0.4, -0.2) is 49.0 Å². The van der Waals surface area contributed by atoms with Gasteiger partial charge in [0.15, 0.2) is 0 Å². The largest absolute Gasteiger partial charge is 0.497 e. The number of aromatic nitrogens is 1. The summed E-state index contributed by atoms with van der Waals surface area (Å²) in [7, 11) is 3.21. The number of fused-ring (bicyclic) bond motifs is 1. The van der Waals surface area contributed by atoms with E-state index in [2.05, 4.69) is 10.3 Å². The van der Waals surface area contributed by atoms with E-state index >= 15 is 0 Å². The molecule has 2 N–H and O–H groups in total. The number of amides is 2. The van der Waals surface area contributed by atoms with Crippen molar-refractivity contribution in [3.05, 3.63) is 59.8 Å². The van der Waals surface area contributed by atoms with Gasteiger partial charge in [0, 0.05) is 54.8 Å². The molecule has 1 aromatic heterocycles. The molecule has 1 fully saturated rings. The average molecular weight is 450 g/mol. The summed E-state index contributed by atoms with van der Waals surface area (Å²) in [5.74, 6) is 1.80. The molecule has 2 amide bonds. The van der Waals surface area contributed by atoms with Crippen molar-refractivity contribution >= 4 is 22.7 Å². The Kier molecular flexibility index (Phi) is 7.17. The van der Waals surface area contributed by atoms with Gasteiger partial charge >= 0.3 is 0 Å². The SMILES string of the molecule is COc1ccc(CNC(=O)CCC2CCCN(C(=O)c3c[nH]c4ccccc34)C2)c(OC)c1. The smallest absolute Gasteiger partial charge is 0.256 e. The van der Waals surface area contributed by atoms with Gasteiger partial charge in [-0.3, -0.25) is 9.59 Å². The third kappa shape index (κ3) is 5.30. The highest BCUT2D eigenvalue weighted by Gasteiger charge is 2.26. The molecule has 0 saturated carbocycles. The quantitative estimate of drug-likeness (QED) is 0.542. The topological polar surface area (TPSA) is 83.7 Å². The molecule has 3 aromatic rings. The number of carbonyl (C=O) groups is 2. The number of piperidine rings is 1. The number of hydrogen-bond donors (Lipinski definition) is 2. The van der Waals surface area contributed by atoms with E-state index in [0.717, 1.165) is 47.8 Å². The van der Waals surface area contributed by atoms with E-state index in [1.807, 2.05) is 47.4 Å². The number of benzene rings is 2. The fourth-order valence-electron chi connectivity index (χ4n) is 4.52. The van der Waals surface area contributed by atoms with Crippen molar-refractivity contribution in [2.24, 2.45) is 5.92 Å². The first-order valence-electron chi connectivity index (χ1n) is 11.4. The van der Waals surface area contributed by atoms with Crippen LogP contribution < -0.4 is 14.8 Å². The predicted molar refractivity (Wildman–Crippen MR) is 128 cm³/mol. The maximum Gasteiger partial charge on any atom is 0.256 e. The number of carbonyl (C=O) groups excluding carboxylic acids is 2. The van der Waals surface area contributed by atoms with Gasteiger partial charge in [0.1, 0.15) is 11.5 Å². The number of nitrogens with one attached hydrogen (secondary N) is 2. The maximum atomic E-state index is 13.1. The lowest BCUT2D eigenvalue weighted by Gasteiger charge is -2.32. The van der Waals surface area contributed by atoms with Gasteiger partial charge in [-0.1, -0.05) is 18.2 Å². The number of aromatic amines is 1. The summed E-state index contributed by atoms with van der Waals surface area (Å²) in [6.07, 6.45) is 5.01. The fraction of sp³-hybridized carbons (Fsp3) is 0.385. The highest BCUT2D eigenvalue weighted by molar-refractivity contribution is 6.06. The van der Waals surface area contributed by atoms with E-state index in [-0.39, 0.29) is 11.8 Å². The molecule has 2 aromatic carbocycles. The first-order chi connectivity index (χ1) is 16.1. The molecule has 7 heteroatoms. The summed E-state index contributed by atoms with van der Waals surface area (Å²) in [6, 6.07) is 13.4. The molecule has 174 valence electrons. The van der Waals surface area contributed by atoms with Gasteiger partial charge in [-0.25, -0.2) is 0 Å². The number of likely N-dealkylation sites (tertiary alicyclic amines) is 1. The van der Waals surface area contributed by atoms with E-state index < -0.39 is 0 Å². The number of methoxy groups -OCH3 is 2. The lowest BCUT2D eigenvalue weighted by atomic mass is 9.92. The molecule has 1 atom stereocenters. The Morgan fingerprint density at radius 1 is 1.15 bits per heavy atom. The minimum Gasteiger partial charge on any atom is -0.497 e. The second-order valence-electron chi connectivity index (χ2n) is 8.50. The van der Waals surface area contributed by atoms with E-state index in [4.69, 9.17) is 9.47 Å². The predicted octanol–water partition coefficient (Wildman–Crippen LogP) is 4.13. The van der Waals surface area contributed by atoms with Crippen LogP contribution >= 0.6 is 0 Å². The average Bonchev–Trinajstić information content (AvgIpc) is 3.30. The number of para-hydroxylation sites is 1. The van der Waals surface area contributed by atoms with Crippen molar-refractivity contribution in [3.8, 4) is 11.5 Å². The Morgan fingerprint density at radius 2 is 2.00 bits per heavy atom. The second-order valence-corrected chi connectivity index (χ2v) is 8.50. The van der Waals surface area contributed by atoms with Gasteiger partial charge in [-0.15, -0.1) is 0 Å². The maximum absolute atomic E-state index is 13.1. The van der Waals surface area contributed by atoms with Crippen LogP contribution in [-0.2, 0) is 11.3 Å². The number of hydrogen-bond acceptors (Lipinski definition) is 4. The zero-order valence-electron chi connectivity index (χ0n) is 19.2. The van der Waals surface area contributed by atoms with Crippen molar-refractivity contribution in [3.63, 3.8) is 0 Å². The van der Waals surface area contributed by atoms with Crippen molar-refractivity contribution in [1.82, 2.24) is 15.2 Å². The summed E-state index contributed by atoms with van der Waals surface area (Å²) in [6.45, 7) is 1.86. The van der Waals surface area contributed by atoms with Gasteiger partial charge < -0.3 is 24.7 Å². The van der Waals surface area contributed by atoms with E-state index in [0.29, 0.717) is 36.9 Å². The van der Waals surface area contributed by atoms with Crippen LogP contribution in [0, 0.1) is 5.92 Å². The summed E-state index contributed by atoms with van der Waals surface area (Å²) in [5.41, 5.74) is 2.59. The summed E-state index contributed by atoms with van der Waals surface area (Å²) in [5, 5.41) is 3.94. The highest BCUT2D eigenvalue weighted by atomic mass is 16.5. The van der Waals surface area contributed by atoms with Gasteiger partial charge in [0.2, 0.25) is 5.91 Å². The molecule has 33 heavy (non-hydrogen) atoms. The molecular weight excluding hydrogens is 418 g/mol. The number of H-pyrrole nitrogens is 1. The Labute approximate surface area is 194 Å². The summed E-state index contributed by atoms with van der Waals surface area (Å²) >= 11 is 0. The summed E-state index contributed by atoms with van der Waals surface area (Å²) in [4.78, 5) is 30.7. The lowest BCUT2D eigenvalue weighted by molar-refractivity contribution is -0.121. The molecule has 2 heterocycles. The zero-order chi connectivity index (χ0) is 23.2. The Balaban J connectivity index is 1.28. The zero-order valence-corrected chi connectivity index (χ0v) is 19.2. The minimum absolute atomic E-state index is 0.00736. The fourth-order valence-corrected chi connectivity index (χ4v) is 4.52. The number of rotatable bonds is 8. The molecule has 1 saturated heterocycles. The lowest BCUT2D eigenvalue weighted by Crippen LogP contribution is -2.40. The van der Waals surface area contributed by atoms with Crippen LogP contribution in [0.15, 0.2) is 48.7 Å². The van der Waals surface area contributed by atoms with Crippen molar-refractivity contribution in [2.45, 2.75) is 32.2 Å². The molecule has 1 aliphatic rings. The molecular formula is C26H31N3O4. The first kappa shape index (κ1) is 22.7. The van der Waals surface area contributed by atoms with Crippen LogP contribution in [0.5, 0.6) is 11.5 Å². The van der Waals surface area contributed by atoms with Crippen LogP contribution in [0.1, 0.15) is 41.6 Å². The van der Waals surface area contributed by atoms with E-state index in [9.17, 15) is 9.59 Å². The molecule has 1 aliphatic heterocycles. The Hall–Kier alpha value is -3.48. The van der Waals surface area contributed by atoms with Crippen LogP contribution in [0.3, 0.4) is 0 Å². The molecule has 1 unspecified atom stereocenters. The van der Waals surface area contributed by atoms with Crippen LogP contribution in [0.4, 0.5) is 0 Å². The van der Waals surface area contributed by atoms with Crippen molar-refractivity contribution < 1.29 is 19.1 Å². The minimum atomic E-state index is 0.00736. The third-order valence-electron chi connectivity index (χ3n) is 6.38. The molecule has 0 radical (unpaired) electrons. The molecule has 7 nitrogen and oxygen atoms in total. The van der Waals surface area contributed by atoms with Gasteiger partial charge in [0.05, 0.1) is 19.8 Å². The first-order valence-corrected chi connectivity index (χ1v) is 11.4. The van der Waals surface area contributed by atoms with Crippen molar-refractivity contribution in [1.29, 1.82) is 0 Å². The van der Waals surface area contributed by atoms with Gasteiger partial charge in [-0.2, -0.15) is 0 Å². The third-order valence-corrected chi connectivity index (χ3v) is 6.38. The normalized spacial score (nSPS) is 15.9. The number of nitrogens with zero attached hydrogens (tertiary/aromatic N) is 1. The second kappa shape index (κ2) is 10.4. The number of ether oxygens (including phenoxy) is 2. The standard InChI is InChI=1S/C26H31N3O4/c1-32-20-11-10-19(24(14-20)33-2)15-28-25(30)12-9-18-6-5-13-29(17-18)26(31)22-16-27-23-8-4-3-7-21(22)23/h3-4,7-8,10-11,14,16,18,27H,5-6,9,12-13,15,17H2,1-2H3,(H,28,30). The monoisotopic (exact) mass is 449 g/mol. The summed E-state index contributed by atoms with van der Waals surface area (Å²) < 4.78 is 10.6. The Bertz CT molecular complexity index is 1120. The highest BCUT2D eigenvalue weighted by Crippen LogP contribution is 2.26. The molecule has 0 bridgehead atoms. The van der Waals surface area contributed by atoms with Gasteiger partial charge in [-0.05, 0) is 43.4 Å². The van der Waals surface area contributed by atoms with Crippen LogP contribution in [0.2, 0.25) is 0 Å². The van der Waals surface area contributed by atoms with Crippen molar-refractivity contribution in [2.75, 3.05) is 27.3 Å². The molecule has 0 spiro atoms. The molecule has 4 rings (SSSR count). The Morgan fingerprint density at radius 3 is 2.82 bits per heavy atom. The van der Waals surface area contributed by atoms with E-state index in [1.165, 1.54) is 0 Å².